The molecule has 0 aromatic heterocycles. The summed E-state index contributed by atoms with van der Waals surface area (Å²) in [6.07, 6.45) is 3.25. The molecule has 2 aromatic carbocycles. The highest BCUT2D eigenvalue weighted by Crippen LogP contribution is 2.24. The molecule has 24 heavy (non-hydrogen) atoms. The van der Waals surface area contributed by atoms with E-state index in [0.717, 1.165) is 37.2 Å². The third kappa shape index (κ3) is 4.22. The molecule has 1 heterocycles. The molecule has 1 aliphatic heterocycles. The van der Waals surface area contributed by atoms with E-state index in [0.29, 0.717) is 6.42 Å². The number of benzene rings is 2. The zero-order valence-electron chi connectivity index (χ0n) is 13.5. The predicted octanol–water partition coefficient (Wildman–Crippen LogP) is 3.74. The number of halogens is 1. The van der Waals surface area contributed by atoms with Crippen LogP contribution in [0.25, 0.3) is 5.57 Å². The zero-order valence-corrected chi connectivity index (χ0v) is 13.5. The van der Waals surface area contributed by atoms with Crippen LogP contribution in [0.15, 0.2) is 54.6 Å². The van der Waals surface area contributed by atoms with Gasteiger partial charge in [-0.15, -0.1) is 0 Å². The maximum atomic E-state index is 13.0. The van der Waals surface area contributed by atoms with Crippen molar-refractivity contribution in [3.05, 3.63) is 71.6 Å². The molecule has 1 aliphatic rings. The van der Waals surface area contributed by atoms with Crippen molar-refractivity contribution in [1.29, 1.82) is 0 Å². The van der Waals surface area contributed by atoms with Crippen molar-refractivity contribution < 1.29 is 14.6 Å². The number of aromatic hydroxyl groups is 1. The molecule has 0 aliphatic carbocycles. The van der Waals surface area contributed by atoms with Crippen LogP contribution < -0.4 is 0 Å². The summed E-state index contributed by atoms with van der Waals surface area (Å²) in [6.45, 7) is 2.59. The lowest BCUT2D eigenvalue weighted by Crippen LogP contribution is -2.30. The second-order valence-corrected chi connectivity index (χ2v) is 6.18. The number of aliphatic hydroxyl groups excluding tert-OH is 1. The minimum absolute atomic E-state index is 0.208. The average Bonchev–Trinajstić information content (AvgIpc) is 2.61. The molecule has 0 radical (unpaired) electrons. The van der Waals surface area contributed by atoms with Crippen LogP contribution >= 0.6 is 0 Å². The first-order valence-electron chi connectivity index (χ1n) is 8.26. The number of rotatable bonds is 5. The monoisotopic (exact) mass is 327 g/mol. The third-order valence-electron chi connectivity index (χ3n) is 4.50. The molecule has 0 amide bonds. The zero-order chi connectivity index (χ0) is 16.9. The van der Waals surface area contributed by atoms with Gasteiger partial charge in [0.15, 0.2) is 0 Å². The van der Waals surface area contributed by atoms with Crippen molar-refractivity contribution in [2.24, 2.45) is 0 Å². The van der Waals surface area contributed by atoms with Gasteiger partial charge in [-0.05, 0) is 53.8 Å². The fourth-order valence-corrected chi connectivity index (χ4v) is 3.01. The quantitative estimate of drug-likeness (QED) is 0.879. The Morgan fingerprint density at radius 3 is 2.38 bits per heavy atom. The molecule has 2 N–H and O–H groups in total. The van der Waals surface area contributed by atoms with Crippen LogP contribution in [0.4, 0.5) is 4.39 Å². The van der Waals surface area contributed by atoms with Crippen LogP contribution in [-0.4, -0.2) is 34.7 Å². The second kappa shape index (κ2) is 7.60. The van der Waals surface area contributed by atoms with Gasteiger partial charge in [-0.2, -0.15) is 0 Å². The fourth-order valence-electron chi connectivity index (χ4n) is 3.01. The number of nitrogens with zero attached hydrogens (tertiary/aromatic N) is 1. The maximum absolute atomic E-state index is 13.0. The van der Waals surface area contributed by atoms with Gasteiger partial charge in [0.05, 0.1) is 6.10 Å². The summed E-state index contributed by atoms with van der Waals surface area (Å²) in [6, 6.07) is 13.3. The first-order valence-corrected chi connectivity index (χ1v) is 8.26. The molecular weight excluding hydrogens is 305 g/mol. The van der Waals surface area contributed by atoms with Crippen molar-refractivity contribution in [2.75, 3.05) is 19.6 Å². The van der Waals surface area contributed by atoms with Crippen LogP contribution in [0, 0.1) is 5.82 Å². The van der Waals surface area contributed by atoms with Crippen molar-refractivity contribution in [3.63, 3.8) is 0 Å². The van der Waals surface area contributed by atoms with Crippen LogP contribution in [0.3, 0.4) is 0 Å². The Bertz CT molecular complexity index is 695. The minimum atomic E-state index is -0.520. The van der Waals surface area contributed by atoms with E-state index >= 15 is 0 Å². The molecule has 3 rings (SSSR count). The van der Waals surface area contributed by atoms with E-state index < -0.39 is 6.10 Å². The van der Waals surface area contributed by atoms with E-state index in [4.69, 9.17) is 0 Å². The molecular formula is C20H22FNO2. The molecule has 3 nitrogen and oxygen atoms in total. The lowest BCUT2D eigenvalue weighted by atomic mass is 9.99. The third-order valence-corrected chi connectivity index (χ3v) is 4.50. The summed E-state index contributed by atoms with van der Waals surface area (Å²) in [4.78, 5) is 2.30. The summed E-state index contributed by atoms with van der Waals surface area (Å²) in [7, 11) is 0. The molecule has 4 heteroatoms. The summed E-state index contributed by atoms with van der Waals surface area (Å²) in [5.41, 5.74) is 3.16. The number of hydrogen-bond acceptors (Lipinski definition) is 3. The average molecular weight is 327 g/mol. The fraction of sp³-hybridized carbons (Fsp3) is 0.300. The molecule has 0 spiro atoms. The van der Waals surface area contributed by atoms with E-state index in [-0.39, 0.29) is 11.6 Å². The van der Waals surface area contributed by atoms with E-state index in [1.807, 2.05) is 12.1 Å². The number of hydrogen-bond donors (Lipinski definition) is 2. The van der Waals surface area contributed by atoms with Gasteiger partial charge >= 0.3 is 0 Å². The number of phenolic OH excluding ortho intramolecular Hbond substituents is 1. The van der Waals surface area contributed by atoms with Crippen LogP contribution in [-0.2, 0) is 0 Å². The summed E-state index contributed by atoms with van der Waals surface area (Å²) < 4.78 is 13.0. The first kappa shape index (κ1) is 16.7. The Labute approximate surface area is 141 Å². The smallest absolute Gasteiger partial charge is 0.123 e. The molecule has 0 fully saturated rings. The van der Waals surface area contributed by atoms with Gasteiger partial charge in [0.2, 0.25) is 0 Å². The van der Waals surface area contributed by atoms with Gasteiger partial charge in [0.1, 0.15) is 11.6 Å². The number of phenols is 1. The highest BCUT2D eigenvalue weighted by atomic mass is 19.1. The Hall–Kier alpha value is -2.17. The Morgan fingerprint density at radius 2 is 1.75 bits per heavy atom. The van der Waals surface area contributed by atoms with E-state index in [9.17, 15) is 14.6 Å². The standard InChI is InChI=1S/C20H22FNO2/c21-18-5-1-15(2-6-18)16-9-12-22(13-10-16)14-11-20(24)17-3-7-19(23)8-4-17/h1-9,20,23-24H,10-14H2. The molecule has 1 atom stereocenters. The highest BCUT2D eigenvalue weighted by molar-refractivity contribution is 5.66. The molecule has 0 saturated carbocycles. The highest BCUT2D eigenvalue weighted by Gasteiger charge is 2.15. The Balaban J connectivity index is 1.51. The summed E-state index contributed by atoms with van der Waals surface area (Å²) in [5, 5.41) is 19.5. The van der Waals surface area contributed by atoms with Gasteiger partial charge in [0, 0.05) is 19.6 Å². The van der Waals surface area contributed by atoms with Crippen molar-refractivity contribution in [2.45, 2.75) is 18.9 Å². The van der Waals surface area contributed by atoms with Gasteiger partial charge in [-0.3, -0.25) is 4.90 Å². The van der Waals surface area contributed by atoms with Gasteiger partial charge < -0.3 is 10.2 Å². The number of aliphatic hydroxyl groups is 1. The van der Waals surface area contributed by atoms with E-state index in [2.05, 4.69) is 11.0 Å². The van der Waals surface area contributed by atoms with Crippen molar-refractivity contribution >= 4 is 5.57 Å². The van der Waals surface area contributed by atoms with Gasteiger partial charge in [-0.25, -0.2) is 4.39 Å². The molecule has 1 unspecified atom stereocenters. The topological polar surface area (TPSA) is 43.7 Å². The Kier molecular flexibility index (Phi) is 5.28. The first-order chi connectivity index (χ1) is 11.6. The van der Waals surface area contributed by atoms with Crippen LogP contribution in [0.5, 0.6) is 5.75 Å². The normalized spacial score (nSPS) is 16.7. The summed E-state index contributed by atoms with van der Waals surface area (Å²) in [5.74, 6) is 0.000412. The predicted molar refractivity (Wildman–Crippen MR) is 93.1 cm³/mol. The van der Waals surface area contributed by atoms with Crippen molar-refractivity contribution in [3.8, 4) is 5.75 Å². The van der Waals surface area contributed by atoms with Crippen LogP contribution in [0.2, 0.25) is 0 Å². The summed E-state index contributed by atoms with van der Waals surface area (Å²) >= 11 is 0. The maximum Gasteiger partial charge on any atom is 0.123 e. The molecule has 0 saturated heterocycles. The lowest BCUT2D eigenvalue weighted by Gasteiger charge is -2.27. The SMILES string of the molecule is Oc1ccc(C(O)CCN2CC=C(c3ccc(F)cc3)CC2)cc1. The van der Waals surface area contributed by atoms with E-state index in [1.165, 1.54) is 17.7 Å². The Morgan fingerprint density at radius 1 is 1.04 bits per heavy atom. The molecule has 126 valence electrons. The molecule has 0 bridgehead atoms. The lowest BCUT2D eigenvalue weighted by molar-refractivity contribution is 0.145. The van der Waals surface area contributed by atoms with Crippen molar-refractivity contribution in [1.82, 2.24) is 4.90 Å². The largest absolute Gasteiger partial charge is 0.508 e. The van der Waals surface area contributed by atoms with Crippen LogP contribution in [0.1, 0.15) is 30.1 Å². The van der Waals surface area contributed by atoms with E-state index in [1.54, 1.807) is 24.3 Å². The second-order valence-electron chi connectivity index (χ2n) is 6.18. The minimum Gasteiger partial charge on any atom is -0.508 e. The van der Waals surface area contributed by atoms with Gasteiger partial charge in [0.25, 0.3) is 0 Å². The molecule has 2 aromatic rings. The van der Waals surface area contributed by atoms with Gasteiger partial charge in [-0.1, -0.05) is 30.3 Å².